The summed E-state index contributed by atoms with van der Waals surface area (Å²) >= 11 is 5.73. The van der Waals surface area contributed by atoms with Gasteiger partial charge >= 0.3 is 0 Å². The Morgan fingerprint density at radius 2 is 1.86 bits per heavy atom. The van der Waals surface area contributed by atoms with E-state index in [1.165, 1.54) is 12.1 Å². The Morgan fingerprint density at radius 3 is 2.52 bits per heavy atom. The molecular formula is C15H10ClFN4. The highest BCUT2D eigenvalue weighted by atomic mass is 35.5. The van der Waals surface area contributed by atoms with Crippen LogP contribution in [-0.4, -0.2) is 15.2 Å². The highest BCUT2D eigenvalue weighted by Crippen LogP contribution is 2.22. The van der Waals surface area contributed by atoms with Crippen molar-refractivity contribution in [3.8, 4) is 11.4 Å². The number of aromatic nitrogens is 3. The Morgan fingerprint density at radius 1 is 0.952 bits per heavy atom. The molecule has 1 N–H and O–H groups in total. The van der Waals surface area contributed by atoms with Crippen LogP contribution in [0.2, 0.25) is 5.02 Å². The lowest BCUT2D eigenvalue weighted by atomic mass is 10.2. The van der Waals surface area contributed by atoms with Gasteiger partial charge in [0, 0.05) is 11.9 Å². The van der Waals surface area contributed by atoms with Gasteiger partial charge in [-0.05, 0) is 42.5 Å². The third-order valence-corrected chi connectivity index (χ3v) is 3.07. The van der Waals surface area contributed by atoms with E-state index in [0.29, 0.717) is 17.2 Å². The molecule has 4 nitrogen and oxygen atoms in total. The van der Waals surface area contributed by atoms with E-state index in [2.05, 4.69) is 20.5 Å². The molecule has 0 aliphatic carbocycles. The van der Waals surface area contributed by atoms with Crippen LogP contribution in [0.5, 0.6) is 0 Å². The van der Waals surface area contributed by atoms with Crippen LogP contribution >= 0.6 is 11.6 Å². The minimum atomic E-state index is -0.459. The van der Waals surface area contributed by atoms with Crippen molar-refractivity contribution in [1.82, 2.24) is 15.2 Å². The number of pyridine rings is 1. The molecule has 0 atom stereocenters. The van der Waals surface area contributed by atoms with Gasteiger partial charge in [-0.25, -0.2) is 4.39 Å². The number of nitrogens with one attached hydrogen (secondary N) is 1. The van der Waals surface area contributed by atoms with Gasteiger partial charge in [-0.15, -0.1) is 10.2 Å². The molecule has 6 heteroatoms. The Bertz CT molecular complexity index is 747. The van der Waals surface area contributed by atoms with Crippen LogP contribution in [0, 0.1) is 5.82 Å². The quantitative estimate of drug-likeness (QED) is 0.792. The zero-order valence-corrected chi connectivity index (χ0v) is 11.5. The van der Waals surface area contributed by atoms with E-state index < -0.39 is 5.82 Å². The largest absolute Gasteiger partial charge is 0.339 e. The van der Waals surface area contributed by atoms with Gasteiger partial charge in [-0.1, -0.05) is 17.7 Å². The molecule has 0 spiro atoms. The third-order valence-electron chi connectivity index (χ3n) is 2.78. The fraction of sp³-hybridized carbons (Fsp3) is 0. The molecule has 3 rings (SSSR count). The van der Waals surface area contributed by atoms with E-state index in [4.69, 9.17) is 11.6 Å². The summed E-state index contributed by atoms with van der Waals surface area (Å²) in [5, 5.41) is 11.2. The van der Waals surface area contributed by atoms with Gasteiger partial charge in [0.15, 0.2) is 5.82 Å². The predicted octanol–water partition coefficient (Wildman–Crippen LogP) is 4.07. The number of anilines is 2. The summed E-state index contributed by atoms with van der Waals surface area (Å²) in [6.07, 6.45) is 1.70. The molecule has 104 valence electrons. The van der Waals surface area contributed by atoms with Crippen LogP contribution in [0.4, 0.5) is 15.9 Å². The standard InChI is InChI=1S/C15H10ClFN4/c16-11-9-10(4-5-12(11)17)19-15-7-6-14(20-21-15)13-3-1-2-8-18-13/h1-9H,(H,19,21). The second-order valence-corrected chi connectivity index (χ2v) is 4.68. The Kier molecular flexibility index (Phi) is 3.75. The first kappa shape index (κ1) is 13.5. The summed E-state index contributed by atoms with van der Waals surface area (Å²) in [4.78, 5) is 4.20. The van der Waals surface area contributed by atoms with Gasteiger partial charge in [-0.2, -0.15) is 0 Å². The minimum absolute atomic E-state index is 0.0538. The summed E-state index contributed by atoms with van der Waals surface area (Å²) < 4.78 is 13.1. The van der Waals surface area contributed by atoms with Crippen LogP contribution in [-0.2, 0) is 0 Å². The average Bonchev–Trinajstić information content (AvgIpc) is 2.53. The van der Waals surface area contributed by atoms with Crippen molar-refractivity contribution < 1.29 is 4.39 Å². The monoisotopic (exact) mass is 300 g/mol. The average molecular weight is 301 g/mol. The van der Waals surface area contributed by atoms with E-state index in [9.17, 15) is 4.39 Å². The summed E-state index contributed by atoms with van der Waals surface area (Å²) in [6.45, 7) is 0. The first-order valence-electron chi connectivity index (χ1n) is 6.19. The highest BCUT2D eigenvalue weighted by molar-refractivity contribution is 6.31. The van der Waals surface area contributed by atoms with Crippen LogP contribution in [0.3, 0.4) is 0 Å². The summed E-state index contributed by atoms with van der Waals surface area (Å²) in [6, 6.07) is 13.5. The zero-order valence-electron chi connectivity index (χ0n) is 10.8. The molecule has 0 aliphatic heterocycles. The number of rotatable bonds is 3. The molecule has 1 aromatic carbocycles. The topological polar surface area (TPSA) is 50.7 Å². The van der Waals surface area contributed by atoms with Crippen LogP contribution in [0.25, 0.3) is 11.4 Å². The lowest BCUT2D eigenvalue weighted by Crippen LogP contribution is -1.97. The van der Waals surface area contributed by atoms with E-state index in [-0.39, 0.29) is 5.02 Å². The zero-order chi connectivity index (χ0) is 14.7. The van der Waals surface area contributed by atoms with Gasteiger partial charge in [0.05, 0.1) is 10.7 Å². The van der Waals surface area contributed by atoms with Gasteiger partial charge in [0.25, 0.3) is 0 Å². The number of halogens is 2. The maximum Gasteiger partial charge on any atom is 0.153 e. The lowest BCUT2D eigenvalue weighted by Gasteiger charge is -2.06. The van der Waals surface area contributed by atoms with E-state index in [1.54, 1.807) is 18.3 Å². The summed E-state index contributed by atoms with van der Waals surface area (Å²) in [5.41, 5.74) is 2.07. The predicted molar refractivity (Wildman–Crippen MR) is 80.0 cm³/mol. The first-order valence-corrected chi connectivity index (χ1v) is 6.57. The van der Waals surface area contributed by atoms with Crippen molar-refractivity contribution in [1.29, 1.82) is 0 Å². The van der Waals surface area contributed by atoms with Crippen molar-refractivity contribution in [3.63, 3.8) is 0 Å². The van der Waals surface area contributed by atoms with Crippen LogP contribution in [0.15, 0.2) is 54.7 Å². The molecule has 2 heterocycles. The fourth-order valence-corrected chi connectivity index (χ4v) is 1.95. The van der Waals surface area contributed by atoms with E-state index >= 15 is 0 Å². The molecular weight excluding hydrogens is 291 g/mol. The van der Waals surface area contributed by atoms with Crippen molar-refractivity contribution in [3.05, 3.63) is 65.6 Å². The number of hydrogen-bond donors (Lipinski definition) is 1. The smallest absolute Gasteiger partial charge is 0.153 e. The molecule has 0 amide bonds. The molecule has 0 saturated carbocycles. The van der Waals surface area contributed by atoms with Crippen molar-refractivity contribution in [2.45, 2.75) is 0 Å². The second-order valence-electron chi connectivity index (χ2n) is 4.27. The maximum atomic E-state index is 13.1. The molecule has 0 aliphatic rings. The fourth-order valence-electron chi connectivity index (χ4n) is 1.77. The first-order chi connectivity index (χ1) is 10.2. The molecule has 0 saturated heterocycles. The molecule has 0 bridgehead atoms. The molecule has 21 heavy (non-hydrogen) atoms. The number of nitrogens with zero attached hydrogens (tertiary/aromatic N) is 3. The van der Waals surface area contributed by atoms with E-state index in [0.717, 1.165) is 5.69 Å². The van der Waals surface area contributed by atoms with Gasteiger partial charge in [0.2, 0.25) is 0 Å². The summed E-state index contributed by atoms with van der Waals surface area (Å²) in [5.74, 6) is 0.0798. The van der Waals surface area contributed by atoms with Crippen molar-refractivity contribution in [2.75, 3.05) is 5.32 Å². The summed E-state index contributed by atoms with van der Waals surface area (Å²) in [7, 11) is 0. The van der Waals surface area contributed by atoms with E-state index in [1.807, 2.05) is 24.3 Å². The molecule has 3 aromatic rings. The van der Waals surface area contributed by atoms with Crippen molar-refractivity contribution >= 4 is 23.1 Å². The molecule has 0 unspecified atom stereocenters. The molecule has 0 radical (unpaired) electrons. The second kappa shape index (κ2) is 5.85. The van der Waals surface area contributed by atoms with Crippen LogP contribution < -0.4 is 5.32 Å². The van der Waals surface area contributed by atoms with Gasteiger partial charge < -0.3 is 5.32 Å². The normalized spacial score (nSPS) is 10.4. The van der Waals surface area contributed by atoms with Gasteiger partial charge in [0.1, 0.15) is 11.5 Å². The number of benzene rings is 1. The molecule has 2 aromatic heterocycles. The van der Waals surface area contributed by atoms with Crippen molar-refractivity contribution in [2.24, 2.45) is 0 Å². The minimum Gasteiger partial charge on any atom is -0.339 e. The lowest BCUT2D eigenvalue weighted by molar-refractivity contribution is 0.628. The van der Waals surface area contributed by atoms with Crippen LogP contribution in [0.1, 0.15) is 0 Å². The SMILES string of the molecule is Fc1ccc(Nc2ccc(-c3ccccn3)nn2)cc1Cl. The highest BCUT2D eigenvalue weighted by Gasteiger charge is 2.04. The Labute approximate surface area is 125 Å². The maximum absolute atomic E-state index is 13.1. The van der Waals surface area contributed by atoms with Gasteiger partial charge in [-0.3, -0.25) is 4.98 Å². The Hall–Kier alpha value is -2.53. The Balaban J connectivity index is 1.80. The third kappa shape index (κ3) is 3.14. The number of hydrogen-bond acceptors (Lipinski definition) is 4. The molecule has 0 fully saturated rings.